The van der Waals surface area contributed by atoms with Gasteiger partial charge in [-0.2, -0.15) is 0 Å². The van der Waals surface area contributed by atoms with Gasteiger partial charge in [0.2, 0.25) is 5.91 Å². The number of hydrogen-bond acceptors (Lipinski definition) is 1. The number of hydrogen-bond donors (Lipinski definition) is 0. The van der Waals surface area contributed by atoms with E-state index in [4.69, 9.17) is 0 Å². The number of carbonyl (C=O) groups excluding carboxylic acids is 1. The fourth-order valence-corrected chi connectivity index (χ4v) is 6.78. The van der Waals surface area contributed by atoms with Crippen LogP contribution in [0.3, 0.4) is 0 Å². The van der Waals surface area contributed by atoms with E-state index in [0.29, 0.717) is 5.66 Å². The molecule has 0 radical (unpaired) electrons. The molecule has 1 heterocycles. The number of nitrogens with zero attached hydrogens (tertiary/aromatic N) is 1. The van der Waals surface area contributed by atoms with Crippen molar-refractivity contribution in [2.75, 3.05) is 6.54 Å². The predicted octanol–water partition coefficient (Wildman–Crippen LogP) is 4.09. The number of rotatable bonds is 3. The molecule has 0 N–H and O–H groups in total. The lowest BCUT2D eigenvalue weighted by atomic mass is 10.0. The number of amides is 1. The van der Waals surface area contributed by atoms with Crippen molar-refractivity contribution in [3.63, 3.8) is 0 Å². The summed E-state index contributed by atoms with van der Waals surface area (Å²) in [5, 5.41) is 2.76. The van der Waals surface area contributed by atoms with Crippen molar-refractivity contribution in [1.82, 2.24) is 4.90 Å². The SMILES string of the molecule is CC(=O)N1Cc2ccccc2CC(P(c2ccccc2)c2ccccc2)C1. The van der Waals surface area contributed by atoms with Gasteiger partial charge in [-0.15, -0.1) is 0 Å². The summed E-state index contributed by atoms with van der Waals surface area (Å²) in [6, 6.07) is 30.2. The second-order valence-electron chi connectivity index (χ2n) is 7.07. The average molecular weight is 373 g/mol. The van der Waals surface area contributed by atoms with Gasteiger partial charge in [0.15, 0.2) is 0 Å². The summed E-state index contributed by atoms with van der Waals surface area (Å²) >= 11 is 0. The Hall–Kier alpha value is -2.44. The quantitative estimate of drug-likeness (QED) is 0.633. The van der Waals surface area contributed by atoms with E-state index in [-0.39, 0.29) is 5.91 Å². The first-order valence-corrected chi connectivity index (χ1v) is 10.8. The standard InChI is InChI=1S/C24H24NOP/c1-19(26)25-17-21-11-9-8-10-20(21)16-24(18-25)27(22-12-4-2-5-13-22)23-14-6-3-7-15-23/h2-15,24H,16-18H2,1H3. The zero-order valence-electron chi connectivity index (χ0n) is 15.6. The normalized spacial score (nSPS) is 16.7. The number of fused-ring (bicyclic) bond motifs is 1. The first-order chi connectivity index (χ1) is 13.2. The maximum absolute atomic E-state index is 12.3. The van der Waals surface area contributed by atoms with E-state index in [0.717, 1.165) is 19.5 Å². The van der Waals surface area contributed by atoms with Crippen LogP contribution < -0.4 is 10.6 Å². The summed E-state index contributed by atoms with van der Waals surface area (Å²) in [5.74, 6) is 0.160. The topological polar surface area (TPSA) is 20.3 Å². The van der Waals surface area contributed by atoms with Crippen LogP contribution in [0.5, 0.6) is 0 Å². The fraction of sp³-hybridized carbons (Fsp3) is 0.208. The van der Waals surface area contributed by atoms with E-state index < -0.39 is 7.92 Å². The molecule has 0 saturated heterocycles. The minimum atomic E-state index is -0.556. The average Bonchev–Trinajstić information content (AvgIpc) is 2.90. The third-order valence-corrected chi connectivity index (χ3v) is 8.03. The summed E-state index contributed by atoms with van der Waals surface area (Å²) in [6.07, 6.45) is 1.01. The molecule has 3 aromatic carbocycles. The van der Waals surface area contributed by atoms with Gasteiger partial charge in [-0.3, -0.25) is 4.79 Å². The van der Waals surface area contributed by atoms with Crippen LogP contribution in [0.2, 0.25) is 0 Å². The van der Waals surface area contributed by atoms with Crippen molar-refractivity contribution in [3.8, 4) is 0 Å². The third kappa shape index (κ3) is 3.96. The van der Waals surface area contributed by atoms with Gasteiger partial charge in [0.1, 0.15) is 0 Å². The molecule has 1 aliphatic rings. The van der Waals surface area contributed by atoms with E-state index >= 15 is 0 Å². The van der Waals surface area contributed by atoms with Crippen molar-refractivity contribution in [1.29, 1.82) is 0 Å². The van der Waals surface area contributed by atoms with Crippen LogP contribution in [0.4, 0.5) is 0 Å². The van der Waals surface area contributed by atoms with Crippen LogP contribution in [0.25, 0.3) is 0 Å². The van der Waals surface area contributed by atoms with Crippen molar-refractivity contribution in [3.05, 3.63) is 96.1 Å². The van der Waals surface area contributed by atoms with Gasteiger partial charge in [0.25, 0.3) is 0 Å². The highest BCUT2D eigenvalue weighted by molar-refractivity contribution is 7.73. The van der Waals surface area contributed by atoms with Crippen LogP contribution in [0, 0.1) is 0 Å². The van der Waals surface area contributed by atoms with E-state index in [2.05, 4.69) is 84.9 Å². The van der Waals surface area contributed by atoms with Gasteiger partial charge in [0.05, 0.1) is 0 Å². The molecule has 3 aromatic rings. The largest absolute Gasteiger partial charge is 0.338 e. The first kappa shape index (κ1) is 17.9. The zero-order chi connectivity index (χ0) is 18.6. The molecule has 0 aliphatic carbocycles. The number of carbonyl (C=O) groups is 1. The van der Waals surface area contributed by atoms with Gasteiger partial charge < -0.3 is 4.90 Å². The smallest absolute Gasteiger partial charge is 0.219 e. The minimum Gasteiger partial charge on any atom is -0.338 e. The van der Waals surface area contributed by atoms with Gasteiger partial charge in [0, 0.05) is 25.7 Å². The molecule has 1 aliphatic heterocycles. The van der Waals surface area contributed by atoms with Crippen LogP contribution in [-0.2, 0) is 17.8 Å². The monoisotopic (exact) mass is 373 g/mol. The Kier molecular flexibility index (Phi) is 5.36. The van der Waals surface area contributed by atoms with Crippen molar-refractivity contribution >= 4 is 24.4 Å². The Morgan fingerprint density at radius 1 is 0.815 bits per heavy atom. The fourth-order valence-electron chi connectivity index (χ4n) is 3.91. The van der Waals surface area contributed by atoms with Crippen LogP contribution in [0.1, 0.15) is 18.1 Å². The highest BCUT2D eigenvalue weighted by atomic mass is 31.1. The molecule has 0 saturated carbocycles. The van der Waals surface area contributed by atoms with Crippen molar-refractivity contribution < 1.29 is 4.79 Å². The van der Waals surface area contributed by atoms with E-state index in [1.165, 1.54) is 21.7 Å². The van der Waals surface area contributed by atoms with Crippen molar-refractivity contribution in [2.45, 2.75) is 25.5 Å². The minimum absolute atomic E-state index is 0.160. The van der Waals surface area contributed by atoms with E-state index in [9.17, 15) is 4.79 Å². The molecule has 3 heteroatoms. The molecule has 1 atom stereocenters. The van der Waals surface area contributed by atoms with E-state index in [1.54, 1.807) is 6.92 Å². The summed E-state index contributed by atoms with van der Waals surface area (Å²) in [7, 11) is -0.556. The summed E-state index contributed by atoms with van der Waals surface area (Å²) < 4.78 is 0. The molecule has 1 amide bonds. The molecule has 0 aromatic heterocycles. The van der Waals surface area contributed by atoms with Gasteiger partial charge in [-0.1, -0.05) is 84.9 Å². The lowest BCUT2D eigenvalue weighted by Gasteiger charge is -2.31. The lowest BCUT2D eigenvalue weighted by molar-refractivity contribution is -0.129. The molecule has 1 unspecified atom stereocenters. The maximum Gasteiger partial charge on any atom is 0.219 e. The Labute approximate surface area is 162 Å². The van der Waals surface area contributed by atoms with Crippen LogP contribution in [0.15, 0.2) is 84.9 Å². The van der Waals surface area contributed by atoms with Gasteiger partial charge in [-0.25, -0.2) is 0 Å². The molecule has 0 fully saturated rings. The van der Waals surface area contributed by atoms with Gasteiger partial charge in [-0.05, 0) is 36.1 Å². The molecule has 0 bridgehead atoms. The Balaban J connectivity index is 1.80. The Morgan fingerprint density at radius 3 is 1.89 bits per heavy atom. The second kappa shape index (κ2) is 8.06. The molecule has 136 valence electrons. The molecular formula is C24H24NOP. The van der Waals surface area contributed by atoms with Crippen LogP contribution in [-0.4, -0.2) is 23.0 Å². The molecule has 2 nitrogen and oxygen atoms in total. The summed E-state index contributed by atoms with van der Waals surface area (Å²) in [6.45, 7) is 3.21. The summed E-state index contributed by atoms with van der Waals surface area (Å²) in [4.78, 5) is 14.4. The Bertz CT molecular complexity index is 870. The second-order valence-corrected chi connectivity index (χ2v) is 9.57. The van der Waals surface area contributed by atoms with Crippen LogP contribution >= 0.6 is 7.92 Å². The number of benzene rings is 3. The van der Waals surface area contributed by atoms with Crippen molar-refractivity contribution in [2.24, 2.45) is 0 Å². The molecule has 0 spiro atoms. The summed E-state index contributed by atoms with van der Waals surface area (Å²) in [5.41, 5.74) is 3.06. The Morgan fingerprint density at radius 2 is 1.33 bits per heavy atom. The first-order valence-electron chi connectivity index (χ1n) is 9.44. The highest BCUT2D eigenvalue weighted by Gasteiger charge is 2.30. The molecule has 27 heavy (non-hydrogen) atoms. The van der Waals surface area contributed by atoms with E-state index in [1.807, 2.05) is 4.90 Å². The zero-order valence-corrected chi connectivity index (χ0v) is 16.5. The maximum atomic E-state index is 12.3. The molecular weight excluding hydrogens is 349 g/mol. The molecule has 4 rings (SSSR count). The lowest BCUT2D eigenvalue weighted by Crippen LogP contribution is -2.36. The predicted molar refractivity (Wildman–Crippen MR) is 114 cm³/mol. The third-order valence-electron chi connectivity index (χ3n) is 5.25. The highest BCUT2D eigenvalue weighted by Crippen LogP contribution is 2.43. The van der Waals surface area contributed by atoms with Gasteiger partial charge >= 0.3 is 0 Å².